The van der Waals surface area contributed by atoms with Crippen LogP contribution in [-0.2, 0) is 11.3 Å². The molecule has 0 spiro atoms. The summed E-state index contributed by atoms with van der Waals surface area (Å²) in [4.78, 5) is 16.8. The maximum atomic E-state index is 11.9. The quantitative estimate of drug-likeness (QED) is 0.765. The average molecular weight is 223 g/mol. The van der Waals surface area contributed by atoms with Gasteiger partial charge in [0.1, 0.15) is 0 Å². The maximum absolute atomic E-state index is 11.9. The zero-order chi connectivity index (χ0) is 12.0. The Morgan fingerprint density at radius 1 is 1.50 bits per heavy atom. The van der Waals surface area contributed by atoms with Crippen molar-refractivity contribution in [1.82, 2.24) is 15.2 Å². The third-order valence-electron chi connectivity index (χ3n) is 2.72. The van der Waals surface area contributed by atoms with Gasteiger partial charge in [0.25, 0.3) is 0 Å². The van der Waals surface area contributed by atoms with Crippen molar-refractivity contribution in [1.29, 1.82) is 0 Å². The molecule has 0 aliphatic carbocycles. The Bertz CT molecular complexity index is 304. The van der Waals surface area contributed by atoms with Crippen LogP contribution in [0.15, 0.2) is 18.5 Å². The lowest BCUT2D eigenvalue weighted by Gasteiger charge is -2.23. The van der Waals surface area contributed by atoms with Crippen LogP contribution in [0.1, 0.15) is 26.3 Å². The molecule has 0 aliphatic rings. The van der Waals surface area contributed by atoms with Gasteiger partial charge in [0.15, 0.2) is 0 Å². The Morgan fingerprint density at radius 3 is 2.69 bits per heavy atom. The first-order valence-corrected chi connectivity index (χ1v) is 5.82. The molecule has 0 fully saturated rings. The molecule has 2 N–H and O–H groups in total. The molecular formula is C12H21N3O. The van der Waals surface area contributed by atoms with Gasteiger partial charge in [-0.05, 0) is 32.4 Å². The molecule has 1 heterocycles. The molecule has 90 valence electrons. The molecule has 0 saturated heterocycles. The third-order valence-corrected chi connectivity index (χ3v) is 2.72. The SMILES string of the molecule is CCN(CC)C(=O)C(C)NCc1cc[nH]c1. The standard InChI is InChI=1S/C12H21N3O/c1-4-15(5-2)12(16)10(3)14-9-11-6-7-13-8-11/h6-8,10,13-14H,4-5,9H2,1-3H3. The number of aromatic amines is 1. The van der Waals surface area contributed by atoms with Crippen molar-refractivity contribution in [2.75, 3.05) is 13.1 Å². The number of carbonyl (C=O) groups is 1. The van der Waals surface area contributed by atoms with E-state index in [0.717, 1.165) is 19.6 Å². The van der Waals surface area contributed by atoms with Gasteiger partial charge in [-0.1, -0.05) is 0 Å². The summed E-state index contributed by atoms with van der Waals surface area (Å²) >= 11 is 0. The van der Waals surface area contributed by atoms with E-state index in [9.17, 15) is 4.79 Å². The Hall–Kier alpha value is -1.29. The van der Waals surface area contributed by atoms with Crippen LogP contribution < -0.4 is 5.32 Å². The lowest BCUT2D eigenvalue weighted by atomic mass is 10.2. The van der Waals surface area contributed by atoms with Crippen LogP contribution in [0.2, 0.25) is 0 Å². The number of aromatic nitrogens is 1. The Morgan fingerprint density at radius 2 is 2.19 bits per heavy atom. The van der Waals surface area contributed by atoms with Gasteiger partial charge in [0.05, 0.1) is 6.04 Å². The summed E-state index contributed by atoms with van der Waals surface area (Å²) < 4.78 is 0. The van der Waals surface area contributed by atoms with Gasteiger partial charge in [0, 0.05) is 32.0 Å². The molecule has 1 unspecified atom stereocenters. The smallest absolute Gasteiger partial charge is 0.239 e. The highest BCUT2D eigenvalue weighted by Crippen LogP contribution is 1.99. The first-order valence-electron chi connectivity index (χ1n) is 5.82. The van der Waals surface area contributed by atoms with E-state index in [2.05, 4.69) is 10.3 Å². The summed E-state index contributed by atoms with van der Waals surface area (Å²) in [6.45, 7) is 8.17. The largest absolute Gasteiger partial charge is 0.367 e. The molecular weight excluding hydrogens is 202 g/mol. The monoisotopic (exact) mass is 223 g/mol. The van der Waals surface area contributed by atoms with E-state index >= 15 is 0 Å². The fourth-order valence-electron chi connectivity index (χ4n) is 1.64. The van der Waals surface area contributed by atoms with Gasteiger partial charge < -0.3 is 15.2 Å². The normalized spacial score (nSPS) is 12.4. The number of H-pyrrole nitrogens is 1. The van der Waals surface area contributed by atoms with Crippen LogP contribution in [0, 0.1) is 0 Å². The van der Waals surface area contributed by atoms with Gasteiger partial charge in [-0.25, -0.2) is 0 Å². The molecule has 0 aromatic carbocycles. The highest BCUT2D eigenvalue weighted by atomic mass is 16.2. The molecule has 0 aliphatic heterocycles. The zero-order valence-electron chi connectivity index (χ0n) is 10.3. The van der Waals surface area contributed by atoms with Crippen LogP contribution in [0.4, 0.5) is 0 Å². The summed E-state index contributed by atoms with van der Waals surface area (Å²) in [5.74, 6) is 0.167. The van der Waals surface area contributed by atoms with Crippen LogP contribution in [-0.4, -0.2) is 34.9 Å². The van der Waals surface area contributed by atoms with E-state index in [4.69, 9.17) is 0 Å². The fraction of sp³-hybridized carbons (Fsp3) is 0.583. The van der Waals surface area contributed by atoms with Crippen LogP contribution in [0.3, 0.4) is 0 Å². The second-order valence-electron chi connectivity index (χ2n) is 3.83. The number of carbonyl (C=O) groups excluding carboxylic acids is 1. The third kappa shape index (κ3) is 3.38. The van der Waals surface area contributed by atoms with Crippen molar-refractivity contribution in [3.05, 3.63) is 24.0 Å². The summed E-state index contributed by atoms with van der Waals surface area (Å²) in [5.41, 5.74) is 1.17. The van der Waals surface area contributed by atoms with Crippen molar-refractivity contribution in [2.24, 2.45) is 0 Å². The van der Waals surface area contributed by atoms with E-state index < -0.39 is 0 Å². The zero-order valence-corrected chi connectivity index (χ0v) is 10.3. The number of rotatable bonds is 6. The van der Waals surface area contributed by atoms with Crippen molar-refractivity contribution in [3.63, 3.8) is 0 Å². The summed E-state index contributed by atoms with van der Waals surface area (Å²) in [6.07, 6.45) is 3.81. The predicted molar refractivity (Wildman–Crippen MR) is 65.0 cm³/mol. The molecule has 1 amide bonds. The van der Waals surface area contributed by atoms with Crippen LogP contribution in [0.5, 0.6) is 0 Å². The highest BCUT2D eigenvalue weighted by Gasteiger charge is 2.17. The van der Waals surface area contributed by atoms with Crippen molar-refractivity contribution < 1.29 is 4.79 Å². The minimum atomic E-state index is -0.130. The lowest BCUT2D eigenvalue weighted by Crippen LogP contribution is -2.44. The van der Waals surface area contributed by atoms with Crippen molar-refractivity contribution >= 4 is 5.91 Å². The molecule has 0 radical (unpaired) electrons. The maximum Gasteiger partial charge on any atom is 0.239 e. The molecule has 4 nitrogen and oxygen atoms in total. The average Bonchev–Trinajstić information content (AvgIpc) is 2.80. The van der Waals surface area contributed by atoms with Gasteiger partial charge in [-0.3, -0.25) is 4.79 Å². The molecule has 1 aromatic rings. The first-order chi connectivity index (χ1) is 7.69. The van der Waals surface area contributed by atoms with Gasteiger partial charge in [-0.15, -0.1) is 0 Å². The molecule has 4 heteroatoms. The Balaban J connectivity index is 2.39. The molecule has 1 aromatic heterocycles. The molecule has 0 saturated carbocycles. The summed E-state index contributed by atoms with van der Waals surface area (Å²) in [6, 6.07) is 1.87. The Kier molecular flexibility index (Phi) is 5.05. The van der Waals surface area contributed by atoms with Crippen molar-refractivity contribution in [2.45, 2.75) is 33.4 Å². The fourth-order valence-corrected chi connectivity index (χ4v) is 1.64. The van der Waals surface area contributed by atoms with Crippen molar-refractivity contribution in [3.8, 4) is 0 Å². The number of hydrogen-bond acceptors (Lipinski definition) is 2. The minimum Gasteiger partial charge on any atom is -0.367 e. The topological polar surface area (TPSA) is 48.1 Å². The summed E-state index contributed by atoms with van der Waals surface area (Å²) in [5, 5.41) is 3.22. The van der Waals surface area contributed by atoms with E-state index in [0.29, 0.717) is 0 Å². The number of nitrogens with zero attached hydrogens (tertiary/aromatic N) is 1. The van der Waals surface area contributed by atoms with E-state index in [1.165, 1.54) is 5.56 Å². The number of hydrogen-bond donors (Lipinski definition) is 2. The van der Waals surface area contributed by atoms with Crippen LogP contribution in [0.25, 0.3) is 0 Å². The molecule has 16 heavy (non-hydrogen) atoms. The number of likely N-dealkylation sites (N-methyl/N-ethyl adjacent to an activating group) is 1. The lowest BCUT2D eigenvalue weighted by molar-refractivity contribution is -0.132. The number of amides is 1. The molecule has 0 bridgehead atoms. The highest BCUT2D eigenvalue weighted by molar-refractivity contribution is 5.81. The Labute approximate surface area is 97.0 Å². The molecule has 1 atom stereocenters. The predicted octanol–water partition coefficient (Wildman–Crippen LogP) is 1.36. The van der Waals surface area contributed by atoms with E-state index in [-0.39, 0.29) is 11.9 Å². The van der Waals surface area contributed by atoms with Crippen LogP contribution >= 0.6 is 0 Å². The number of nitrogens with one attached hydrogen (secondary N) is 2. The first kappa shape index (κ1) is 12.8. The summed E-state index contributed by atoms with van der Waals surface area (Å²) in [7, 11) is 0. The van der Waals surface area contributed by atoms with E-state index in [1.807, 2.05) is 44.1 Å². The van der Waals surface area contributed by atoms with Gasteiger partial charge in [0.2, 0.25) is 5.91 Å². The van der Waals surface area contributed by atoms with Gasteiger partial charge in [-0.2, -0.15) is 0 Å². The van der Waals surface area contributed by atoms with Gasteiger partial charge >= 0.3 is 0 Å². The second kappa shape index (κ2) is 6.33. The minimum absolute atomic E-state index is 0.130. The second-order valence-corrected chi connectivity index (χ2v) is 3.83. The van der Waals surface area contributed by atoms with E-state index in [1.54, 1.807) is 0 Å². The molecule has 1 rings (SSSR count).